The van der Waals surface area contributed by atoms with E-state index >= 15 is 0 Å². The molecule has 0 spiro atoms. The molecule has 24 heavy (non-hydrogen) atoms. The molecule has 1 N–H and O–H groups in total. The maximum atomic E-state index is 12.1. The molecule has 5 heteroatoms. The molecular weight excluding hydrogens is 343 g/mol. The first-order valence-electron chi connectivity index (χ1n) is 7.59. The number of halogens is 2. The van der Waals surface area contributed by atoms with Gasteiger partial charge in [-0.3, -0.25) is 4.79 Å². The molecule has 0 fully saturated rings. The summed E-state index contributed by atoms with van der Waals surface area (Å²) in [6.45, 7) is 1.31. The Labute approximate surface area is 152 Å². The lowest BCUT2D eigenvalue weighted by atomic mass is 10.1. The number of carbonyl (C=O) groups is 1. The van der Waals surface area contributed by atoms with Gasteiger partial charge in [0, 0.05) is 34.8 Å². The van der Waals surface area contributed by atoms with Gasteiger partial charge in [0.15, 0.2) is 0 Å². The summed E-state index contributed by atoms with van der Waals surface area (Å²) in [5, 5.41) is 3.92. The van der Waals surface area contributed by atoms with Crippen LogP contribution in [0.15, 0.2) is 48.5 Å². The maximum absolute atomic E-state index is 12.1. The second-order valence-corrected chi connectivity index (χ2v) is 6.51. The highest BCUT2D eigenvalue weighted by molar-refractivity contribution is 6.37. The molecule has 2 rings (SSSR count). The van der Waals surface area contributed by atoms with Gasteiger partial charge < -0.3 is 10.2 Å². The van der Waals surface area contributed by atoms with Gasteiger partial charge in [0.05, 0.1) is 0 Å². The van der Waals surface area contributed by atoms with E-state index in [9.17, 15) is 4.79 Å². The molecule has 0 unspecified atom stereocenters. The molecule has 0 aliphatic rings. The van der Waals surface area contributed by atoms with Crippen molar-refractivity contribution in [3.05, 3.63) is 75.3 Å². The first-order chi connectivity index (χ1) is 11.5. The van der Waals surface area contributed by atoms with Gasteiger partial charge >= 0.3 is 0 Å². The van der Waals surface area contributed by atoms with Crippen molar-refractivity contribution in [1.82, 2.24) is 10.2 Å². The van der Waals surface area contributed by atoms with E-state index in [-0.39, 0.29) is 5.91 Å². The maximum Gasteiger partial charge on any atom is 0.244 e. The Kier molecular flexibility index (Phi) is 6.85. The Morgan fingerprint density at radius 3 is 2.29 bits per heavy atom. The van der Waals surface area contributed by atoms with E-state index in [4.69, 9.17) is 23.2 Å². The summed E-state index contributed by atoms with van der Waals surface area (Å²) >= 11 is 12.2. The topological polar surface area (TPSA) is 32.3 Å². The number of hydrogen-bond acceptors (Lipinski definition) is 2. The average molecular weight is 363 g/mol. The van der Waals surface area contributed by atoms with Gasteiger partial charge in [0.2, 0.25) is 5.91 Å². The molecule has 0 aliphatic heterocycles. The fourth-order valence-electron chi connectivity index (χ4n) is 2.30. The Morgan fingerprint density at radius 2 is 1.67 bits per heavy atom. The van der Waals surface area contributed by atoms with Crippen molar-refractivity contribution in [2.24, 2.45) is 0 Å². The van der Waals surface area contributed by atoms with Gasteiger partial charge in [-0.15, -0.1) is 0 Å². The van der Waals surface area contributed by atoms with Crippen molar-refractivity contribution in [3.8, 4) is 0 Å². The Hall–Kier alpha value is -1.81. The van der Waals surface area contributed by atoms with Gasteiger partial charge in [0.25, 0.3) is 0 Å². The zero-order valence-corrected chi connectivity index (χ0v) is 15.2. The van der Waals surface area contributed by atoms with Crippen molar-refractivity contribution in [3.63, 3.8) is 0 Å². The quantitative estimate of drug-likeness (QED) is 0.773. The molecule has 0 saturated carbocycles. The molecule has 2 aromatic carbocycles. The van der Waals surface area contributed by atoms with Crippen molar-refractivity contribution in [1.29, 1.82) is 0 Å². The van der Waals surface area contributed by atoms with E-state index in [1.54, 1.807) is 24.3 Å². The normalized spacial score (nSPS) is 11.2. The molecule has 3 nitrogen and oxygen atoms in total. The third-order valence-corrected chi connectivity index (χ3v) is 4.12. The summed E-state index contributed by atoms with van der Waals surface area (Å²) < 4.78 is 0. The lowest BCUT2D eigenvalue weighted by Gasteiger charge is -2.14. The molecule has 0 radical (unpaired) electrons. The van der Waals surface area contributed by atoms with Crippen molar-refractivity contribution in [2.75, 3.05) is 14.1 Å². The molecule has 0 heterocycles. The minimum atomic E-state index is -0.189. The minimum Gasteiger partial charge on any atom is -0.348 e. The standard InChI is InChI=1S/C19H20Cl2N2O/c1-23(2)13-15-7-4-3-6-14(15)12-22-19(24)11-10-16-17(20)8-5-9-18(16)21/h3-11H,12-13H2,1-2H3,(H,22,24)/b11-10+. The van der Waals surface area contributed by atoms with E-state index in [1.807, 2.05) is 32.3 Å². The van der Waals surface area contributed by atoms with Crippen LogP contribution >= 0.6 is 23.2 Å². The molecule has 1 amide bonds. The van der Waals surface area contributed by atoms with Crippen LogP contribution in [0.1, 0.15) is 16.7 Å². The van der Waals surface area contributed by atoms with Crippen LogP contribution in [-0.2, 0) is 17.9 Å². The van der Waals surface area contributed by atoms with Gasteiger partial charge in [0.1, 0.15) is 0 Å². The summed E-state index contributed by atoms with van der Waals surface area (Å²) in [5.41, 5.74) is 2.94. The second-order valence-electron chi connectivity index (χ2n) is 5.69. The van der Waals surface area contributed by atoms with E-state index in [0.717, 1.165) is 12.1 Å². The van der Waals surface area contributed by atoms with Crippen LogP contribution in [-0.4, -0.2) is 24.9 Å². The number of carbonyl (C=O) groups excluding carboxylic acids is 1. The van der Waals surface area contributed by atoms with E-state index < -0.39 is 0 Å². The third kappa shape index (κ3) is 5.38. The van der Waals surface area contributed by atoms with Gasteiger partial charge in [-0.25, -0.2) is 0 Å². The summed E-state index contributed by atoms with van der Waals surface area (Å²) in [6.07, 6.45) is 3.08. The number of benzene rings is 2. The number of hydrogen-bond donors (Lipinski definition) is 1. The van der Waals surface area contributed by atoms with Crippen LogP contribution in [0.4, 0.5) is 0 Å². The lowest BCUT2D eigenvalue weighted by molar-refractivity contribution is -0.116. The molecule has 0 aliphatic carbocycles. The van der Waals surface area contributed by atoms with Crippen molar-refractivity contribution in [2.45, 2.75) is 13.1 Å². The summed E-state index contributed by atoms with van der Waals surface area (Å²) in [6, 6.07) is 13.3. The smallest absolute Gasteiger partial charge is 0.244 e. The summed E-state index contributed by atoms with van der Waals surface area (Å²) in [4.78, 5) is 14.1. The van der Waals surface area contributed by atoms with E-state index in [1.165, 1.54) is 11.6 Å². The molecule has 126 valence electrons. The van der Waals surface area contributed by atoms with Crippen LogP contribution in [0.5, 0.6) is 0 Å². The zero-order valence-electron chi connectivity index (χ0n) is 13.7. The number of nitrogens with zero attached hydrogens (tertiary/aromatic N) is 1. The van der Waals surface area contributed by atoms with Crippen LogP contribution in [0, 0.1) is 0 Å². The van der Waals surface area contributed by atoms with E-state index in [0.29, 0.717) is 22.2 Å². The van der Waals surface area contributed by atoms with Crippen LogP contribution < -0.4 is 5.32 Å². The van der Waals surface area contributed by atoms with Crippen molar-refractivity contribution >= 4 is 35.2 Å². The predicted molar refractivity (Wildman–Crippen MR) is 101 cm³/mol. The van der Waals surface area contributed by atoms with Crippen LogP contribution in [0.3, 0.4) is 0 Å². The monoisotopic (exact) mass is 362 g/mol. The highest BCUT2D eigenvalue weighted by atomic mass is 35.5. The second kappa shape index (κ2) is 8.88. The number of nitrogens with one attached hydrogen (secondary N) is 1. The van der Waals surface area contributed by atoms with Crippen LogP contribution in [0.2, 0.25) is 10.0 Å². The van der Waals surface area contributed by atoms with Crippen molar-refractivity contribution < 1.29 is 4.79 Å². The minimum absolute atomic E-state index is 0.189. The predicted octanol–water partition coefficient (Wildman–Crippen LogP) is 4.38. The molecule has 2 aromatic rings. The number of rotatable bonds is 6. The molecule has 0 atom stereocenters. The average Bonchev–Trinajstić information content (AvgIpc) is 2.53. The Morgan fingerprint density at radius 1 is 1.04 bits per heavy atom. The molecule has 0 saturated heterocycles. The molecule has 0 aromatic heterocycles. The number of amides is 1. The largest absolute Gasteiger partial charge is 0.348 e. The van der Waals surface area contributed by atoms with E-state index in [2.05, 4.69) is 16.3 Å². The Bertz CT molecular complexity index is 722. The highest BCUT2D eigenvalue weighted by Gasteiger charge is 2.05. The molecule has 0 bridgehead atoms. The highest BCUT2D eigenvalue weighted by Crippen LogP contribution is 2.25. The fraction of sp³-hybridized carbons (Fsp3) is 0.211. The summed E-state index contributed by atoms with van der Waals surface area (Å²) in [7, 11) is 4.04. The summed E-state index contributed by atoms with van der Waals surface area (Å²) in [5.74, 6) is -0.189. The molecular formula is C19H20Cl2N2O. The first-order valence-corrected chi connectivity index (χ1v) is 8.34. The van der Waals surface area contributed by atoms with Crippen LogP contribution in [0.25, 0.3) is 6.08 Å². The Balaban J connectivity index is 2.00. The third-order valence-electron chi connectivity index (χ3n) is 3.46. The zero-order chi connectivity index (χ0) is 17.5. The lowest BCUT2D eigenvalue weighted by Crippen LogP contribution is -2.22. The van der Waals surface area contributed by atoms with Gasteiger partial charge in [-0.1, -0.05) is 53.5 Å². The van der Waals surface area contributed by atoms with Gasteiger partial charge in [-0.05, 0) is 43.4 Å². The fourth-order valence-corrected chi connectivity index (χ4v) is 2.82. The first kappa shape index (κ1) is 18.5. The SMILES string of the molecule is CN(C)Cc1ccccc1CNC(=O)/C=C/c1c(Cl)cccc1Cl. The van der Waals surface area contributed by atoms with Gasteiger partial charge in [-0.2, -0.15) is 0 Å².